The SMILES string of the molecule is CCC(CO)(CO)CC(C)(C)OCCC(C)(C)OC. The van der Waals surface area contributed by atoms with Crippen molar-refractivity contribution in [2.75, 3.05) is 26.9 Å². The van der Waals surface area contributed by atoms with Crippen LogP contribution >= 0.6 is 0 Å². The third kappa shape index (κ3) is 6.70. The number of hydrogen-bond acceptors (Lipinski definition) is 4. The summed E-state index contributed by atoms with van der Waals surface area (Å²) in [6.07, 6.45) is 2.18. The van der Waals surface area contributed by atoms with Crippen molar-refractivity contribution in [3.63, 3.8) is 0 Å². The molecule has 0 heterocycles. The maximum absolute atomic E-state index is 9.50. The molecule has 0 amide bonds. The van der Waals surface area contributed by atoms with Gasteiger partial charge in [-0.1, -0.05) is 6.92 Å². The number of aliphatic hydroxyl groups is 2. The minimum Gasteiger partial charge on any atom is -0.396 e. The zero-order chi connectivity index (χ0) is 15.2. The average molecular weight is 276 g/mol. The van der Waals surface area contributed by atoms with Gasteiger partial charge >= 0.3 is 0 Å². The Morgan fingerprint density at radius 1 is 0.947 bits per heavy atom. The minimum atomic E-state index is -0.458. The van der Waals surface area contributed by atoms with E-state index in [1.807, 2.05) is 34.6 Å². The van der Waals surface area contributed by atoms with Crippen molar-refractivity contribution in [2.24, 2.45) is 5.41 Å². The number of ether oxygens (including phenoxy) is 2. The largest absolute Gasteiger partial charge is 0.396 e. The van der Waals surface area contributed by atoms with Gasteiger partial charge in [-0.25, -0.2) is 0 Å². The van der Waals surface area contributed by atoms with Crippen LogP contribution < -0.4 is 0 Å². The summed E-state index contributed by atoms with van der Waals surface area (Å²) in [5.41, 5.74) is -1.02. The summed E-state index contributed by atoms with van der Waals surface area (Å²) >= 11 is 0. The van der Waals surface area contributed by atoms with Crippen LogP contribution in [0.4, 0.5) is 0 Å². The molecule has 116 valence electrons. The van der Waals surface area contributed by atoms with Crippen LogP contribution in [0.25, 0.3) is 0 Å². The maximum atomic E-state index is 9.50. The monoisotopic (exact) mass is 276 g/mol. The second kappa shape index (κ2) is 7.58. The lowest BCUT2D eigenvalue weighted by Gasteiger charge is -2.37. The average Bonchev–Trinajstić information content (AvgIpc) is 2.35. The Morgan fingerprint density at radius 3 is 1.84 bits per heavy atom. The van der Waals surface area contributed by atoms with Crippen molar-refractivity contribution < 1.29 is 19.7 Å². The maximum Gasteiger partial charge on any atom is 0.0644 e. The van der Waals surface area contributed by atoms with E-state index in [1.54, 1.807) is 7.11 Å². The van der Waals surface area contributed by atoms with Crippen LogP contribution in [0, 0.1) is 5.41 Å². The third-order valence-corrected chi connectivity index (χ3v) is 3.97. The van der Waals surface area contributed by atoms with Crippen molar-refractivity contribution in [3.8, 4) is 0 Å². The van der Waals surface area contributed by atoms with Crippen LogP contribution in [0.2, 0.25) is 0 Å². The van der Waals surface area contributed by atoms with E-state index >= 15 is 0 Å². The quantitative estimate of drug-likeness (QED) is 0.643. The summed E-state index contributed by atoms with van der Waals surface area (Å²) in [4.78, 5) is 0. The second-order valence-electron chi connectivity index (χ2n) is 6.67. The molecule has 0 radical (unpaired) electrons. The van der Waals surface area contributed by atoms with E-state index in [2.05, 4.69) is 0 Å². The fourth-order valence-corrected chi connectivity index (χ4v) is 2.14. The van der Waals surface area contributed by atoms with Crippen molar-refractivity contribution >= 4 is 0 Å². The molecule has 0 saturated carbocycles. The molecule has 0 bridgehead atoms. The lowest BCUT2D eigenvalue weighted by molar-refractivity contribution is -0.0932. The fourth-order valence-electron chi connectivity index (χ4n) is 2.14. The summed E-state index contributed by atoms with van der Waals surface area (Å²) in [6.45, 7) is 10.6. The van der Waals surface area contributed by atoms with Gasteiger partial charge < -0.3 is 19.7 Å². The Bertz CT molecular complexity index is 236. The standard InChI is InChI=1S/C15H32O4/c1-7-15(11-16,12-17)10-14(4,5)19-9-8-13(2,3)18-6/h16-17H,7-12H2,1-6H3. The van der Waals surface area contributed by atoms with E-state index in [0.717, 1.165) is 12.8 Å². The van der Waals surface area contributed by atoms with Gasteiger partial charge in [0.1, 0.15) is 0 Å². The summed E-state index contributed by atoms with van der Waals surface area (Å²) in [7, 11) is 1.70. The highest BCUT2D eigenvalue weighted by Gasteiger charge is 2.35. The topological polar surface area (TPSA) is 58.9 Å². The van der Waals surface area contributed by atoms with Crippen molar-refractivity contribution in [3.05, 3.63) is 0 Å². The lowest BCUT2D eigenvalue weighted by atomic mass is 9.77. The highest BCUT2D eigenvalue weighted by molar-refractivity contribution is 4.85. The molecule has 0 unspecified atom stereocenters. The molecule has 4 heteroatoms. The van der Waals surface area contributed by atoms with Crippen LogP contribution in [0.5, 0.6) is 0 Å². The molecule has 0 aliphatic rings. The zero-order valence-electron chi connectivity index (χ0n) is 13.5. The molecule has 0 rings (SSSR count). The molecule has 0 aromatic carbocycles. The van der Waals surface area contributed by atoms with Crippen molar-refractivity contribution in [2.45, 2.75) is 65.1 Å². The number of hydrogen-bond donors (Lipinski definition) is 2. The normalized spacial score (nSPS) is 13.9. The van der Waals surface area contributed by atoms with Crippen LogP contribution in [0.15, 0.2) is 0 Å². The van der Waals surface area contributed by atoms with Gasteiger partial charge in [-0.2, -0.15) is 0 Å². The molecule has 0 fully saturated rings. The van der Waals surface area contributed by atoms with Crippen LogP contribution in [0.3, 0.4) is 0 Å². The Kier molecular flexibility index (Phi) is 7.51. The van der Waals surface area contributed by atoms with Gasteiger partial charge in [0.25, 0.3) is 0 Å². The van der Waals surface area contributed by atoms with Gasteiger partial charge in [0, 0.05) is 12.5 Å². The molecule has 0 spiro atoms. The molecular weight excluding hydrogens is 244 g/mol. The molecule has 0 atom stereocenters. The highest BCUT2D eigenvalue weighted by Crippen LogP contribution is 2.33. The first kappa shape index (κ1) is 18.8. The van der Waals surface area contributed by atoms with Crippen molar-refractivity contribution in [1.82, 2.24) is 0 Å². The van der Waals surface area contributed by atoms with E-state index < -0.39 is 5.41 Å². The predicted molar refractivity (Wildman–Crippen MR) is 77.2 cm³/mol. The summed E-state index contributed by atoms with van der Waals surface area (Å²) in [5, 5.41) is 19.0. The van der Waals surface area contributed by atoms with Gasteiger partial charge in [-0.05, 0) is 47.0 Å². The molecule has 0 aliphatic heterocycles. The Hall–Kier alpha value is -0.160. The number of rotatable bonds is 10. The molecule has 4 nitrogen and oxygen atoms in total. The van der Waals surface area contributed by atoms with E-state index in [1.165, 1.54) is 0 Å². The minimum absolute atomic E-state index is 0.0175. The molecule has 0 aliphatic carbocycles. The first-order valence-corrected chi connectivity index (χ1v) is 7.07. The molecule has 2 N–H and O–H groups in total. The molecule has 0 aromatic heterocycles. The van der Waals surface area contributed by atoms with E-state index in [0.29, 0.717) is 13.0 Å². The first-order valence-electron chi connectivity index (χ1n) is 7.07. The van der Waals surface area contributed by atoms with Gasteiger partial charge in [-0.15, -0.1) is 0 Å². The van der Waals surface area contributed by atoms with E-state index in [4.69, 9.17) is 9.47 Å². The first-order chi connectivity index (χ1) is 8.66. The lowest BCUT2D eigenvalue weighted by Crippen LogP contribution is -2.40. The third-order valence-electron chi connectivity index (χ3n) is 3.97. The Labute approximate surface area is 118 Å². The highest BCUT2D eigenvalue weighted by atomic mass is 16.5. The van der Waals surface area contributed by atoms with Crippen molar-refractivity contribution in [1.29, 1.82) is 0 Å². The van der Waals surface area contributed by atoms with Gasteiger partial charge in [0.2, 0.25) is 0 Å². The smallest absolute Gasteiger partial charge is 0.0644 e. The predicted octanol–water partition coefficient (Wildman–Crippen LogP) is 2.37. The zero-order valence-corrected chi connectivity index (χ0v) is 13.5. The van der Waals surface area contributed by atoms with Gasteiger partial charge in [0.05, 0.1) is 31.0 Å². The summed E-state index contributed by atoms with van der Waals surface area (Å²) in [6, 6.07) is 0. The van der Waals surface area contributed by atoms with Crippen LogP contribution in [0.1, 0.15) is 53.9 Å². The van der Waals surface area contributed by atoms with Crippen LogP contribution in [-0.4, -0.2) is 48.3 Å². The summed E-state index contributed by atoms with van der Waals surface area (Å²) in [5.74, 6) is 0. The Balaban J connectivity index is 4.39. The van der Waals surface area contributed by atoms with Gasteiger partial charge in [0.15, 0.2) is 0 Å². The molecular formula is C15H32O4. The molecule has 19 heavy (non-hydrogen) atoms. The molecule has 0 saturated heterocycles. The Morgan fingerprint density at radius 2 is 1.47 bits per heavy atom. The van der Waals surface area contributed by atoms with E-state index in [9.17, 15) is 10.2 Å². The summed E-state index contributed by atoms with van der Waals surface area (Å²) < 4.78 is 11.3. The number of aliphatic hydroxyl groups excluding tert-OH is 2. The second-order valence-corrected chi connectivity index (χ2v) is 6.67. The van der Waals surface area contributed by atoms with Crippen LogP contribution in [-0.2, 0) is 9.47 Å². The molecule has 0 aromatic rings. The van der Waals surface area contributed by atoms with E-state index in [-0.39, 0.29) is 24.4 Å². The number of methoxy groups -OCH3 is 1. The fraction of sp³-hybridized carbons (Fsp3) is 1.00. The van der Waals surface area contributed by atoms with Gasteiger partial charge in [-0.3, -0.25) is 0 Å².